The van der Waals surface area contributed by atoms with Crippen LogP contribution >= 0.6 is 0 Å². The van der Waals surface area contributed by atoms with E-state index >= 15 is 0 Å². The van der Waals surface area contributed by atoms with Crippen molar-refractivity contribution in [3.8, 4) is 5.69 Å². The quantitative estimate of drug-likeness (QED) is 0.306. The average molecular weight is 526 g/mol. The number of aliphatic carboxylic acids is 1. The zero-order valence-corrected chi connectivity index (χ0v) is 22.0. The summed E-state index contributed by atoms with van der Waals surface area (Å²) in [6.45, 7) is 6.74. The minimum atomic E-state index is -1.16. The number of carbonyl (C=O) groups is 2. The Morgan fingerprint density at radius 1 is 1.03 bits per heavy atom. The van der Waals surface area contributed by atoms with Gasteiger partial charge in [-0.25, -0.2) is 9.07 Å². The maximum absolute atomic E-state index is 13.8. The smallest absolute Gasteiger partial charge is 0.305 e. The van der Waals surface area contributed by atoms with Gasteiger partial charge in [-0.1, -0.05) is 44.2 Å². The minimum Gasteiger partial charge on any atom is -0.481 e. The van der Waals surface area contributed by atoms with Crippen LogP contribution in [-0.4, -0.2) is 60.6 Å². The normalized spacial score (nSPS) is 12.9. The molecular formula is C29H36FN3O5. The molecule has 0 bridgehead atoms. The highest BCUT2D eigenvalue weighted by Crippen LogP contribution is 2.29. The average Bonchev–Trinajstić information content (AvgIpc) is 3.26. The number of carboxylic acids is 1. The van der Waals surface area contributed by atoms with E-state index < -0.39 is 30.4 Å². The van der Waals surface area contributed by atoms with Crippen molar-refractivity contribution in [2.75, 3.05) is 6.54 Å². The second-order valence-electron chi connectivity index (χ2n) is 9.74. The Hall–Kier alpha value is -3.56. The number of halogens is 1. The van der Waals surface area contributed by atoms with Gasteiger partial charge < -0.3 is 20.2 Å². The summed E-state index contributed by atoms with van der Waals surface area (Å²) in [5.74, 6) is -1.84. The molecule has 0 aliphatic rings. The van der Waals surface area contributed by atoms with E-state index in [1.165, 1.54) is 12.1 Å². The maximum atomic E-state index is 13.8. The molecule has 1 heterocycles. The van der Waals surface area contributed by atoms with Gasteiger partial charge in [0.25, 0.3) is 5.91 Å². The van der Waals surface area contributed by atoms with Crippen LogP contribution in [0.3, 0.4) is 0 Å². The van der Waals surface area contributed by atoms with Gasteiger partial charge in [0.05, 0.1) is 24.3 Å². The molecule has 204 valence electrons. The monoisotopic (exact) mass is 525 g/mol. The molecule has 0 aliphatic heterocycles. The third-order valence-corrected chi connectivity index (χ3v) is 6.43. The molecule has 0 radical (unpaired) electrons. The number of aliphatic hydroxyl groups is 2. The zero-order chi connectivity index (χ0) is 27.8. The lowest BCUT2D eigenvalue weighted by atomic mass is 9.95. The van der Waals surface area contributed by atoms with Crippen LogP contribution in [0.1, 0.15) is 73.3 Å². The lowest BCUT2D eigenvalue weighted by molar-refractivity contribution is -0.139. The molecule has 0 aliphatic carbocycles. The Labute approximate surface area is 222 Å². The van der Waals surface area contributed by atoms with E-state index in [-0.39, 0.29) is 24.7 Å². The number of amides is 1. The Morgan fingerprint density at radius 3 is 2.26 bits per heavy atom. The van der Waals surface area contributed by atoms with Crippen LogP contribution < -0.4 is 0 Å². The Kier molecular flexibility index (Phi) is 10.2. The topological polar surface area (TPSA) is 116 Å². The van der Waals surface area contributed by atoms with Gasteiger partial charge in [-0.05, 0) is 61.9 Å². The van der Waals surface area contributed by atoms with Gasteiger partial charge in [-0.15, -0.1) is 0 Å². The summed E-state index contributed by atoms with van der Waals surface area (Å²) in [7, 11) is 0. The number of hydrogen-bond donors (Lipinski definition) is 3. The van der Waals surface area contributed by atoms with Gasteiger partial charge in [0.1, 0.15) is 5.82 Å². The summed E-state index contributed by atoms with van der Waals surface area (Å²) >= 11 is 0. The SMILES string of the molecule is CCN(Cc1ccccc1)C(=O)c1nn(-c2ccc(F)cc2)c(CC[C@@H](O)C[C@@H](O)CC(=O)O)c1C(C)C. The molecule has 0 saturated carbocycles. The highest BCUT2D eigenvalue weighted by molar-refractivity contribution is 5.94. The van der Waals surface area contributed by atoms with Crippen LogP contribution in [0.15, 0.2) is 54.6 Å². The molecule has 2 atom stereocenters. The van der Waals surface area contributed by atoms with Crippen LogP contribution in [0.25, 0.3) is 5.69 Å². The van der Waals surface area contributed by atoms with Gasteiger partial charge in [0.2, 0.25) is 0 Å². The van der Waals surface area contributed by atoms with Gasteiger partial charge in [0, 0.05) is 24.3 Å². The third-order valence-electron chi connectivity index (χ3n) is 6.43. The summed E-state index contributed by atoms with van der Waals surface area (Å²) in [6, 6.07) is 15.5. The van der Waals surface area contributed by atoms with Gasteiger partial charge >= 0.3 is 5.97 Å². The standard InChI is InChI=1S/C29H36FN3O5/c1-4-32(18-20-8-6-5-7-9-20)29(38)28-27(19(2)3)25(15-14-23(34)16-24(35)17-26(36)37)33(31-28)22-12-10-21(30)11-13-22/h5-13,19,23-24,34-35H,4,14-18H2,1-3H3,(H,36,37)/t23-,24-/m1/s1. The van der Waals surface area contributed by atoms with E-state index in [9.17, 15) is 24.2 Å². The van der Waals surface area contributed by atoms with Gasteiger partial charge in [-0.3, -0.25) is 9.59 Å². The Morgan fingerprint density at radius 2 is 1.68 bits per heavy atom. The maximum Gasteiger partial charge on any atom is 0.305 e. The fourth-order valence-electron chi connectivity index (χ4n) is 4.57. The number of nitrogens with zero attached hydrogens (tertiary/aromatic N) is 3. The summed E-state index contributed by atoms with van der Waals surface area (Å²) in [5, 5.41) is 34.0. The fourth-order valence-corrected chi connectivity index (χ4v) is 4.57. The van der Waals surface area contributed by atoms with Crippen LogP contribution in [0.2, 0.25) is 0 Å². The second kappa shape index (κ2) is 13.3. The first kappa shape index (κ1) is 29.0. The van der Waals surface area contributed by atoms with Crippen molar-refractivity contribution in [1.29, 1.82) is 0 Å². The number of carbonyl (C=O) groups excluding carboxylic acids is 1. The molecule has 1 aromatic heterocycles. The van der Waals surface area contributed by atoms with Crippen molar-refractivity contribution in [3.63, 3.8) is 0 Å². The predicted octanol–water partition coefficient (Wildman–Crippen LogP) is 4.32. The molecular weight excluding hydrogens is 489 g/mol. The summed E-state index contributed by atoms with van der Waals surface area (Å²) < 4.78 is 15.3. The van der Waals surface area contributed by atoms with E-state index in [1.807, 2.05) is 51.1 Å². The van der Waals surface area contributed by atoms with E-state index in [2.05, 4.69) is 0 Å². The van der Waals surface area contributed by atoms with Crippen LogP contribution in [0.5, 0.6) is 0 Å². The van der Waals surface area contributed by atoms with Crippen molar-refractivity contribution in [1.82, 2.24) is 14.7 Å². The number of carboxylic acid groups (broad SMARTS) is 1. The summed E-state index contributed by atoms with van der Waals surface area (Å²) in [4.78, 5) is 26.4. The summed E-state index contributed by atoms with van der Waals surface area (Å²) in [6.07, 6.45) is -2.11. The van der Waals surface area contributed by atoms with Crippen LogP contribution in [0.4, 0.5) is 4.39 Å². The third kappa shape index (κ3) is 7.49. The largest absolute Gasteiger partial charge is 0.481 e. The summed E-state index contributed by atoms with van der Waals surface area (Å²) in [5.41, 5.74) is 3.32. The van der Waals surface area contributed by atoms with Crippen molar-refractivity contribution in [3.05, 3.63) is 82.9 Å². The van der Waals surface area contributed by atoms with E-state index in [0.717, 1.165) is 11.1 Å². The number of benzene rings is 2. The number of rotatable bonds is 13. The Balaban J connectivity index is 1.98. The van der Waals surface area contributed by atoms with Crippen molar-refractivity contribution >= 4 is 11.9 Å². The van der Waals surface area contributed by atoms with Crippen molar-refractivity contribution in [2.24, 2.45) is 0 Å². The molecule has 0 unspecified atom stereocenters. The zero-order valence-electron chi connectivity index (χ0n) is 22.0. The fraction of sp³-hybridized carbons (Fsp3) is 0.414. The highest BCUT2D eigenvalue weighted by Gasteiger charge is 2.29. The molecule has 1 amide bonds. The molecule has 0 fully saturated rings. The molecule has 9 heteroatoms. The number of aromatic nitrogens is 2. The molecule has 8 nitrogen and oxygen atoms in total. The van der Waals surface area contributed by atoms with Crippen molar-refractivity contribution < 1.29 is 29.3 Å². The first-order valence-corrected chi connectivity index (χ1v) is 12.9. The molecule has 3 N–H and O–H groups in total. The molecule has 3 aromatic rings. The lowest BCUT2D eigenvalue weighted by Crippen LogP contribution is -2.31. The lowest BCUT2D eigenvalue weighted by Gasteiger charge is -2.21. The van der Waals surface area contributed by atoms with Crippen LogP contribution in [-0.2, 0) is 17.8 Å². The van der Waals surface area contributed by atoms with Gasteiger partial charge in [-0.2, -0.15) is 5.10 Å². The van der Waals surface area contributed by atoms with E-state index in [1.54, 1.807) is 21.7 Å². The predicted molar refractivity (Wildman–Crippen MR) is 142 cm³/mol. The van der Waals surface area contributed by atoms with Crippen molar-refractivity contribution in [2.45, 2.75) is 71.1 Å². The molecule has 0 saturated heterocycles. The van der Waals surface area contributed by atoms with Crippen LogP contribution in [0, 0.1) is 5.82 Å². The first-order chi connectivity index (χ1) is 18.1. The highest BCUT2D eigenvalue weighted by atomic mass is 19.1. The molecule has 3 rings (SSSR count). The number of hydrogen-bond acceptors (Lipinski definition) is 5. The molecule has 2 aromatic carbocycles. The molecule has 0 spiro atoms. The second-order valence-corrected chi connectivity index (χ2v) is 9.74. The first-order valence-electron chi connectivity index (χ1n) is 12.9. The Bertz CT molecular complexity index is 1210. The van der Waals surface area contributed by atoms with Gasteiger partial charge in [0.15, 0.2) is 5.69 Å². The minimum absolute atomic E-state index is 0.0803. The van der Waals surface area contributed by atoms with E-state index in [4.69, 9.17) is 10.2 Å². The number of aliphatic hydroxyl groups excluding tert-OH is 2. The van der Waals surface area contributed by atoms with E-state index in [0.29, 0.717) is 36.6 Å². The molecule has 38 heavy (non-hydrogen) atoms.